The van der Waals surface area contributed by atoms with Crippen LogP contribution in [0.15, 0.2) is 54.6 Å². The molecule has 0 spiro atoms. The zero-order chi connectivity index (χ0) is 14.7. The average molecular weight is 282 g/mol. The molecule has 1 heterocycles. The monoisotopic (exact) mass is 282 g/mol. The number of benzene rings is 2. The van der Waals surface area contributed by atoms with Crippen LogP contribution in [-0.4, -0.2) is 17.9 Å². The summed E-state index contributed by atoms with van der Waals surface area (Å²) in [6.45, 7) is 0. The van der Waals surface area contributed by atoms with E-state index in [4.69, 9.17) is 4.74 Å². The summed E-state index contributed by atoms with van der Waals surface area (Å²) in [4.78, 5) is 23.8. The first kappa shape index (κ1) is 13.2. The molecular weight excluding hydrogens is 268 g/mol. The van der Waals surface area contributed by atoms with Crippen LogP contribution < -0.4 is 15.6 Å². The Hall–Kier alpha value is -2.82. The van der Waals surface area contributed by atoms with Crippen LogP contribution in [0.4, 0.5) is 0 Å². The zero-order valence-electron chi connectivity index (χ0n) is 11.2. The van der Waals surface area contributed by atoms with Gasteiger partial charge in [-0.3, -0.25) is 20.4 Å². The minimum Gasteiger partial charge on any atom is -0.480 e. The molecule has 1 aliphatic heterocycles. The van der Waals surface area contributed by atoms with Gasteiger partial charge in [-0.25, -0.2) is 0 Å². The molecule has 0 saturated heterocycles. The van der Waals surface area contributed by atoms with Gasteiger partial charge in [0, 0.05) is 12.0 Å². The van der Waals surface area contributed by atoms with Crippen LogP contribution >= 0.6 is 0 Å². The predicted molar refractivity (Wildman–Crippen MR) is 76.6 cm³/mol. The van der Waals surface area contributed by atoms with Gasteiger partial charge >= 0.3 is 0 Å². The minimum absolute atomic E-state index is 0.362. The first-order valence-corrected chi connectivity index (χ1v) is 6.64. The first-order valence-electron chi connectivity index (χ1n) is 6.64. The number of fused-ring (bicyclic) bond motifs is 1. The van der Waals surface area contributed by atoms with Gasteiger partial charge in [-0.05, 0) is 23.8 Å². The van der Waals surface area contributed by atoms with Crippen molar-refractivity contribution in [3.63, 3.8) is 0 Å². The van der Waals surface area contributed by atoms with E-state index in [1.54, 1.807) is 24.3 Å². The summed E-state index contributed by atoms with van der Waals surface area (Å²) < 4.78 is 5.54. The molecule has 2 aromatic rings. The molecule has 0 radical (unpaired) electrons. The highest BCUT2D eigenvalue weighted by molar-refractivity contribution is 5.95. The van der Waals surface area contributed by atoms with Crippen LogP contribution in [0.25, 0.3) is 0 Å². The largest absolute Gasteiger partial charge is 0.480 e. The molecule has 0 aromatic heterocycles. The molecule has 2 amide bonds. The van der Waals surface area contributed by atoms with Crippen molar-refractivity contribution in [2.45, 2.75) is 12.5 Å². The molecule has 2 N–H and O–H groups in total. The van der Waals surface area contributed by atoms with E-state index in [0.717, 1.165) is 5.56 Å². The molecule has 2 aromatic carbocycles. The van der Waals surface area contributed by atoms with Gasteiger partial charge in [-0.2, -0.15) is 0 Å². The Morgan fingerprint density at radius 3 is 2.43 bits per heavy atom. The number of hydrazine groups is 1. The summed E-state index contributed by atoms with van der Waals surface area (Å²) in [6, 6.07) is 16.2. The van der Waals surface area contributed by atoms with Gasteiger partial charge in [-0.15, -0.1) is 0 Å². The lowest BCUT2D eigenvalue weighted by molar-refractivity contribution is -0.128. The third kappa shape index (κ3) is 2.86. The van der Waals surface area contributed by atoms with E-state index in [0.29, 0.717) is 17.7 Å². The number of ether oxygens (including phenoxy) is 1. The number of carbonyl (C=O) groups is 2. The van der Waals surface area contributed by atoms with Gasteiger partial charge < -0.3 is 4.74 Å². The zero-order valence-corrected chi connectivity index (χ0v) is 11.2. The summed E-state index contributed by atoms with van der Waals surface area (Å²) in [5.74, 6) is -0.0121. The van der Waals surface area contributed by atoms with Crippen molar-refractivity contribution in [3.8, 4) is 5.75 Å². The summed E-state index contributed by atoms with van der Waals surface area (Å²) in [5.41, 5.74) is 6.25. The Kier molecular flexibility index (Phi) is 3.55. The van der Waals surface area contributed by atoms with E-state index in [1.807, 2.05) is 30.3 Å². The SMILES string of the molecule is O=C(NNC(=O)[C@@H]1Cc2ccccc2O1)c1ccccc1. The molecule has 0 saturated carbocycles. The predicted octanol–water partition coefficient (Wildman–Crippen LogP) is 1.45. The number of amides is 2. The summed E-state index contributed by atoms with van der Waals surface area (Å²) in [5, 5.41) is 0. The van der Waals surface area contributed by atoms with E-state index in [2.05, 4.69) is 10.9 Å². The number of para-hydroxylation sites is 1. The first-order chi connectivity index (χ1) is 10.2. The average Bonchev–Trinajstić information content (AvgIpc) is 2.97. The fourth-order valence-corrected chi connectivity index (χ4v) is 2.19. The lowest BCUT2D eigenvalue weighted by Crippen LogP contribution is -2.47. The highest BCUT2D eigenvalue weighted by Gasteiger charge is 2.28. The number of hydrogen-bond acceptors (Lipinski definition) is 3. The molecule has 3 rings (SSSR count). The number of nitrogens with one attached hydrogen (secondary N) is 2. The van der Waals surface area contributed by atoms with Crippen LogP contribution in [0.5, 0.6) is 5.75 Å². The smallest absolute Gasteiger partial charge is 0.279 e. The topological polar surface area (TPSA) is 67.4 Å². The Morgan fingerprint density at radius 1 is 0.952 bits per heavy atom. The molecule has 1 aliphatic rings. The van der Waals surface area contributed by atoms with Crippen LogP contribution in [0.2, 0.25) is 0 Å². The van der Waals surface area contributed by atoms with Gasteiger partial charge in [0.25, 0.3) is 11.8 Å². The lowest BCUT2D eigenvalue weighted by Gasteiger charge is -2.12. The van der Waals surface area contributed by atoms with Crippen molar-refractivity contribution in [2.75, 3.05) is 0 Å². The van der Waals surface area contributed by atoms with Gasteiger partial charge in [0.1, 0.15) is 5.75 Å². The molecular formula is C16H14N2O3. The van der Waals surface area contributed by atoms with Crippen molar-refractivity contribution in [2.24, 2.45) is 0 Å². The second-order valence-corrected chi connectivity index (χ2v) is 4.73. The number of rotatable bonds is 2. The standard InChI is InChI=1S/C16H14N2O3/c19-15(11-6-2-1-3-7-11)17-18-16(20)14-10-12-8-4-5-9-13(12)21-14/h1-9,14H,10H2,(H,17,19)(H,18,20)/t14-/m0/s1. The molecule has 1 atom stereocenters. The van der Waals surface area contributed by atoms with E-state index < -0.39 is 6.10 Å². The van der Waals surface area contributed by atoms with Crippen LogP contribution in [-0.2, 0) is 11.2 Å². The third-order valence-electron chi connectivity index (χ3n) is 3.27. The second-order valence-electron chi connectivity index (χ2n) is 4.73. The fourth-order valence-electron chi connectivity index (χ4n) is 2.19. The third-order valence-corrected chi connectivity index (χ3v) is 3.27. The van der Waals surface area contributed by atoms with E-state index in [1.165, 1.54) is 0 Å². The van der Waals surface area contributed by atoms with Gasteiger partial charge in [0.05, 0.1) is 0 Å². The molecule has 0 unspecified atom stereocenters. The van der Waals surface area contributed by atoms with Crippen molar-refractivity contribution in [1.82, 2.24) is 10.9 Å². The highest BCUT2D eigenvalue weighted by atomic mass is 16.5. The Labute approximate surface area is 121 Å². The molecule has 106 valence electrons. The Balaban J connectivity index is 1.55. The molecule has 5 heteroatoms. The number of carbonyl (C=O) groups excluding carboxylic acids is 2. The van der Waals surface area contributed by atoms with Crippen LogP contribution in [0, 0.1) is 0 Å². The summed E-state index contributed by atoms with van der Waals surface area (Å²) in [7, 11) is 0. The number of hydrogen-bond donors (Lipinski definition) is 2. The lowest BCUT2D eigenvalue weighted by atomic mass is 10.1. The van der Waals surface area contributed by atoms with Crippen molar-refractivity contribution < 1.29 is 14.3 Å². The minimum atomic E-state index is -0.613. The van der Waals surface area contributed by atoms with E-state index >= 15 is 0 Å². The van der Waals surface area contributed by atoms with Crippen LogP contribution in [0.3, 0.4) is 0 Å². The van der Waals surface area contributed by atoms with Gasteiger partial charge in [0.15, 0.2) is 6.10 Å². The quantitative estimate of drug-likeness (QED) is 0.819. The van der Waals surface area contributed by atoms with Crippen LogP contribution in [0.1, 0.15) is 15.9 Å². The molecule has 5 nitrogen and oxygen atoms in total. The maximum atomic E-state index is 12.0. The maximum absolute atomic E-state index is 12.0. The normalized spacial score (nSPS) is 15.7. The highest BCUT2D eigenvalue weighted by Crippen LogP contribution is 2.27. The Bertz CT molecular complexity index is 645. The molecule has 0 bridgehead atoms. The second kappa shape index (κ2) is 5.66. The van der Waals surface area contributed by atoms with Crippen molar-refractivity contribution in [1.29, 1.82) is 0 Å². The molecule has 21 heavy (non-hydrogen) atoms. The Morgan fingerprint density at radius 2 is 1.67 bits per heavy atom. The fraction of sp³-hybridized carbons (Fsp3) is 0.125. The van der Waals surface area contributed by atoms with Gasteiger partial charge in [0.2, 0.25) is 0 Å². The maximum Gasteiger partial charge on any atom is 0.279 e. The van der Waals surface area contributed by atoms with E-state index in [-0.39, 0.29) is 11.8 Å². The molecule has 0 aliphatic carbocycles. The van der Waals surface area contributed by atoms with Crippen molar-refractivity contribution in [3.05, 3.63) is 65.7 Å². The summed E-state index contributed by atoms with van der Waals surface area (Å²) in [6.07, 6.45) is -0.109. The van der Waals surface area contributed by atoms with Gasteiger partial charge in [-0.1, -0.05) is 36.4 Å². The summed E-state index contributed by atoms with van der Waals surface area (Å²) >= 11 is 0. The van der Waals surface area contributed by atoms with Crippen molar-refractivity contribution >= 4 is 11.8 Å². The van der Waals surface area contributed by atoms with E-state index in [9.17, 15) is 9.59 Å². The molecule has 0 fully saturated rings.